The highest BCUT2D eigenvalue weighted by atomic mass is 16.1. The number of aryl methyl sites for hydroxylation is 1. The number of nitrogens with one attached hydrogen (secondary N) is 1. The summed E-state index contributed by atoms with van der Waals surface area (Å²) < 4.78 is 1.83. The number of hydrogen-bond donors (Lipinski definition) is 1. The second-order valence-corrected chi connectivity index (χ2v) is 6.84. The van der Waals surface area contributed by atoms with Gasteiger partial charge in [0.15, 0.2) is 0 Å². The van der Waals surface area contributed by atoms with Crippen molar-refractivity contribution in [3.8, 4) is 0 Å². The Kier molecular flexibility index (Phi) is 4.09. The zero-order chi connectivity index (χ0) is 17.3. The molecule has 0 fully saturated rings. The van der Waals surface area contributed by atoms with Crippen LogP contribution in [0.1, 0.15) is 26.1 Å². The van der Waals surface area contributed by atoms with Gasteiger partial charge < -0.3 is 5.32 Å². The molecule has 1 aliphatic heterocycles. The van der Waals surface area contributed by atoms with E-state index in [1.54, 1.807) is 6.08 Å². The van der Waals surface area contributed by atoms with Gasteiger partial charge in [0.25, 0.3) is 5.56 Å². The average molecular weight is 322 g/mol. The van der Waals surface area contributed by atoms with Gasteiger partial charge in [-0.25, -0.2) is 9.98 Å². The summed E-state index contributed by atoms with van der Waals surface area (Å²) in [6.07, 6.45) is 4.93. The van der Waals surface area contributed by atoms with Crippen LogP contribution in [0.25, 0.3) is 10.9 Å². The molecule has 0 amide bonds. The van der Waals surface area contributed by atoms with Gasteiger partial charge in [-0.05, 0) is 36.1 Å². The molecule has 2 heterocycles. The summed E-state index contributed by atoms with van der Waals surface area (Å²) in [5.41, 5.74) is 1.69. The van der Waals surface area contributed by atoms with Crippen molar-refractivity contribution in [3.63, 3.8) is 0 Å². The molecule has 0 radical (unpaired) electrons. The Morgan fingerprint density at radius 2 is 2.21 bits per heavy atom. The third kappa shape index (κ3) is 3.02. The van der Waals surface area contributed by atoms with Crippen LogP contribution in [0.3, 0.4) is 0 Å². The van der Waals surface area contributed by atoms with E-state index in [4.69, 9.17) is 4.98 Å². The number of anilines is 1. The number of fused-ring (bicyclic) bond motifs is 2. The van der Waals surface area contributed by atoms with E-state index in [9.17, 15) is 4.79 Å². The molecular formula is C19H22N4O. The first-order valence-electron chi connectivity index (χ1n) is 8.05. The van der Waals surface area contributed by atoms with Crippen LogP contribution in [0, 0.1) is 5.41 Å². The summed E-state index contributed by atoms with van der Waals surface area (Å²) in [5.74, 6) is 1.47. The number of nitrogens with zero attached hydrogens (tertiary/aromatic N) is 3. The van der Waals surface area contributed by atoms with E-state index in [1.807, 2.05) is 22.8 Å². The molecule has 1 aromatic heterocycles. The first kappa shape index (κ1) is 16.2. The molecule has 0 bridgehead atoms. The maximum Gasteiger partial charge on any atom is 0.261 e. The van der Waals surface area contributed by atoms with Gasteiger partial charge >= 0.3 is 0 Å². The highest BCUT2D eigenvalue weighted by Crippen LogP contribution is 2.29. The lowest BCUT2D eigenvalue weighted by molar-refractivity contribution is 0.240. The van der Waals surface area contributed by atoms with Gasteiger partial charge in [0.1, 0.15) is 11.7 Å². The minimum atomic E-state index is 0.0398. The third-order valence-electron chi connectivity index (χ3n) is 4.34. The van der Waals surface area contributed by atoms with Gasteiger partial charge in [0.2, 0.25) is 0 Å². The molecule has 3 rings (SSSR count). The highest BCUT2D eigenvalue weighted by Gasteiger charge is 2.27. The van der Waals surface area contributed by atoms with Crippen molar-refractivity contribution in [2.24, 2.45) is 10.4 Å². The van der Waals surface area contributed by atoms with Crippen LogP contribution in [-0.2, 0) is 13.0 Å². The summed E-state index contributed by atoms with van der Waals surface area (Å²) in [6.45, 7) is 12.4. The Bertz CT molecular complexity index is 905. The fourth-order valence-electron chi connectivity index (χ4n) is 3.04. The van der Waals surface area contributed by atoms with Crippen molar-refractivity contribution >= 4 is 22.4 Å². The lowest BCUT2D eigenvalue weighted by Crippen LogP contribution is -2.36. The second-order valence-electron chi connectivity index (χ2n) is 6.84. The maximum atomic E-state index is 12.8. The number of rotatable bonds is 3. The lowest BCUT2D eigenvalue weighted by atomic mass is 9.85. The van der Waals surface area contributed by atoms with E-state index in [0.29, 0.717) is 16.7 Å². The van der Waals surface area contributed by atoms with E-state index in [0.717, 1.165) is 30.9 Å². The normalized spacial score (nSPS) is 16.5. The van der Waals surface area contributed by atoms with E-state index in [2.05, 4.69) is 37.3 Å². The summed E-state index contributed by atoms with van der Waals surface area (Å²) >= 11 is 0. The van der Waals surface area contributed by atoms with E-state index < -0.39 is 0 Å². The molecule has 0 spiro atoms. The SMILES string of the molecule is C=CN=C(C=C)Nc1ccc2c(=O)n3c(nc2c1)CCC(C)(C)C3. The van der Waals surface area contributed by atoms with Crippen molar-refractivity contribution in [2.75, 3.05) is 5.32 Å². The van der Waals surface area contributed by atoms with Gasteiger partial charge in [0, 0.05) is 24.9 Å². The zero-order valence-electron chi connectivity index (χ0n) is 14.2. The van der Waals surface area contributed by atoms with Crippen LogP contribution >= 0.6 is 0 Å². The maximum absolute atomic E-state index is 12.8. The van der Waals surface area contributed by atoms with Crippen LogP contribution in [0.2, 0.25) is 0 Å². The molecule has 0 unspecified atom stereocenters. The minimum Gasteiger partial charge on any atom is -0.340 e. The largest absolute Gasteiger partial charge is 0.340 e. The Morgan fingerprint density at radius 3 is 2.92 bits per heavy atom. The van der Waals surface area contributed by atoms with Crippen molar-refractivity contribution in [1.82, 2.24) is 9.55 Å². The van der Waals surface area contributed by atoms with Crippen LogP contribution in [0.4, 0.5) is 5.69 Å². The topological polar surface area (TPSA) is 59.3 Å². The summed E-state index contributed by atoms with van der Waals surface area (Å²) in [6, 6.07) is 5.55. The molecule has 1 aliphatic rings. The molecule has 0 aliphatic carbocycles. The predicted octanol–water partition coefficient (Wildman–Crippen LogP) is 3.51. The van der Waals surface area contributed by atoms with Crippen LogP contribution in [0.5, 0.6) is 0 Å². The highest BCUT2D eigenvalue weighted by molar-refractivity contribution is 6.04. The molecule has 1 aromatic carbocycles. The van der Waals surface area contributed by atoms with Gasteiger partial charge in [-0.1, -0.05) is 27.0 Å². The predicted molar refractivity (Wildman–Crippen MR) is 99.6 cm³/mol. The summed E-state index contributed by atoms with van der Waals surface area (Å²) in [7, 11) is 0. The van der Waals surface area contributed by atoms with E-state index in [1.165, 1.54) is 6.20 Å². The molecule has 0 atom stereocenters. The standard InChI is InChI=1S/C19H22N4O/c1-5-16(20-6-2)21-13-7-8-14-15(11-13)22-17-9-10-19(3,4)12-23(17)18(14)24/h5-8,11H,1-2,9-10,12H2,3-4H3,(H,20,21). The van der Waals surface area contributed by atoms with Crippen molar-refractivity contribution < 1.29 is 0 Å². The Labute approximate surface area is 141 Å². The van der Waals surface area contributed by atoms with Gasteiger partial charge in [-0.3, -0.25) is 9.36 Å². The fourth-order valence-corrected chi connectivity index (χ4v) is 3.04. The number of hydrogen-bond acceptors (Lipinski definition) is 3. The van der Waals surface area contributed by atoms with Crippen LogP contribution in [-0.4, -0.2) is 15.4 Å². The molecule has 2 aromatic rings. The molecule has 5 heteroatoms. The number of aliphatic imine (C=N–C) groups is 1. The van der Waals surface area contributed by atoms with Crippen molar-refractivity contribution in [2.45, 2.75) is 33.2 Å². The lowest BCUT2D eigenvalue weighted by Gasteiger charge is -2.31. The molecule has 24 heavy (non-hydrogen) atoms. The van der Waals surface area contributed by atoms with Crippen LogP contribution in [0.15, 0.2) is 53.4 Å². The minimum absolute atomic E-state index is 0.0398. The Morgan fingerprint density at radius 1 is 1.42 bits per heavy atom. The number of benzene rings is 1. The quantitative estimate of drug-likeness (QED) is 0.695. The zero-order valence-corrected chi connectivity index (χ0v) is 14.2. The number of amidine groups is 1. The monoisotopic (exact) mass is 322 g/mol. The molecule has 0 saturated carbocycles. The Balaban J connectivity index is 2.06. The molecular weight excluding hydrogens is 300 g/mol. The van der Waals surface area contributed by atoms with Gasteiger partial charge in [0.05, 0.1) is 10.9 Å². The third-order valence-corrected chi connectivity index (χ3v) is 4.34. The van der Waals surface area contributed by atoms with Crippen molar-refractivity contribution in [3.05, 3.63) is 59.8 Å². The van der Waals surface area contributed by atoms with Gasteiger partial charge in [-0.15, -0.1) is 0 Å². The summed E-state index contributed by atoms with van der Waals surface area (Å²) in [5, 5.41) is 3.79. The number of aromatic nitrogens is 2. The molecule has 1 N–H and O–H groups in total. The first-order chi connectivity index (χ1) is 11.4. The smallest absolute Gasteiger partial charge is 0.261 e. The average Bonchev–Trinajstić information content (AvgIpc) is 2.55. The summed E-state index contributed by atoms with van der Waals surface area (Å²) in [4.78, 5) is 21.6. The molecule has 124 valence electrons. The van der Waals surface area contributed by atoms with Gasteiger partial charge in [-0.2, -0.15) is 0 Å². The first-order valence-corrected chi connectivity index (χ1v) is 8.05. The molecule has 0 saturated heterocycles. The second kappa shape index (κ2) is 6.07. The van der Waals surface area contributed by atoms with Crippen molar-refractivity contribution in [1.29, 1.82) is 0 Å². The van der Waals surface area contributed by atoms with Crippen LogP contribution < -0.4 is 10.9 Å². The molecule has 5 nitrogen and oxygen atoms in total. The van der Waals surface area contributed by atoms with E-state index >= 15 is 0 Å². The fraction of sp³-hybridized carbons (Fsp3) is 0.316. The van der Waals surface area contributed by atoms with E-state index in [-0.39, 0.29) is 11.0 Å². The Hall–Kier alpha value is -2.69.